The largest absolute Gasteiger partial charge is 0.456 e. The van der Waals surface area contributed by atoms with Crippen LogP contribution in [0.5, 0.6) is 0 Å². The zero-order valence-corrected chi connectivity index (χ0v) is 21.3. The molecule has 1 aliphatic heterocycles. The number of nitrogens with zero attached hydrogens (tertiary/aromatic N) is 1. The maximum Gasteiger partial charge on any atom is 0.266 e. The highest BCUT2D eigenvalue weighted by Crippen LogP contribution is 2.56. The van der Waals surface area contributed by atoms with Gasteiger partial charge in [-0.05, 0) is 111 Å². The van der Waals surface area contributed by atoms with Gasteiger partial charge in [0.25, 0.3) is 5.91 Å². The van der Waals surface area contributed by atoms with Gasteiger partial charge >= 0.3 is 0 Å². The fourth-order valence-corrected chi connectivity index (χ4v) is 8.43. The van der Waals surface area contributed by atoms with E-state index in [9.17, 15) is 14.3 Å². The van der Waals surface area contributed by atoms with Gasteiger partial charge in [-0.25, -0.2) is 4.39 Å². The van der Waals surface area contributed by atoms with E-state index in [0.717, 1.165) is 35.8 Å². The molecule has 4 aliphatic carbocycles. The minimum atomic E-state index is -0.294. The summed E-state index contributed by atoms with van der Waals surface area (Å²) in [6, 6.07) is 8.44. The third-order valence-corrected chi connectivity index (χ3v) is 9.72. The molecule has 0 atom stereocenters. The van der Waals surface area contributed by atoms with Crippen molar-refractivity contribution in [1.29, 1.82) is 0 Å². The zero-order valence-electron chi connectivity index (χ0n) is 19.6. The Morgan fingerprint density at radius 1 is 1.09 bits per heavy atom. The van der Waals surface area contributed by atoms with Crippen molar-refractivity contribution in [2.24, 2.45) is 23.7 Å². The minimum Gasteiger partial charge on any atom is -0.456 e. The monoisotopic (exact) mass is 511 g/mol. The molecule has 2 heterocycles. The van der Waals surface area contributed by atoms with Crippen LogP contribution in [-0.2, 0) is 11.2 Å². The molecular formula is C28H30FNO3S2. The number of hydrogen-bond donors (Lipinski definition) is 1. The van der Waals surface area contributed by atoms with Crippen LogP contribution in [0.2, 0.25) is 0 Å². The number of aliphatic hydroxyl groups is 1. The maximum atomic E-state index is 13.7. The Bertz CT molecular complexity index is 1140. The second-order valence-electron chi connectivity index (χ2n) is 10.7. The van der Waals surface area contributed by atoms with Crippen molar-refractivity contribution in [1.82, 2.24) is 4.90 Å². The molecule has 1 N–H and O–H groups in total. The maximum absolute atomic E-state index is 13.7. The first-order valence-corrected chi connectivity index (χ1v) is 14.0. The number of carbonyl (C=O) groups is 1. The van der Waals surface area contributed by atoms with Crippen molar-refractivity contribution in [2.75, 3.05) is 6.61 Å². The van der Waals surface area contributed by atoms with Gasteiger partial charge in [-0.2, -0.15) is 0 Å². The Morgan fingerprint density at radius 3 is 2.43 bits per heavy atom. The summed E-state index contributed by atoms with van der Waals surface area (Å²) in [5.41, 5.74) is 1.77. The fourth-order valence-electron chi connectivity index (χ4n) is 7.12. The molecule has 0 radical (unpaired) electrons. The predicted octanol–water partition coefficient (Wildman–Crippen LogP) is 6.43. The Hall–Kier alpha value is -1.96. The normalized spacial score (nSPS) is 30.7. The number of thiocarbonyl (C=S) groups is 1. The molecule has 1 aromatic heterocycles. The second-order valence-corrected chi connectivity index (χ2v) is 12.3. The van der Waals surface area contributed by atoms with Gasteiger partial charge in [0.15, 0.2) is 0 Å². The SMILES string of the molecule is O=C1C(=Cc2oc(-c3ccc(F)cc3)cc2CCCCO)SC(=S)N1C1C2CC3CC(C2)CC1C3. The third-order valence-electron chi connectivity index (χ3n) is 8.39. The van der Waals surface area contributed by atoms with Crippen molar-refractivity contribution in [3.05, 3.63) is 52.4 Å². The molecule has 1 amide bonds. The van der Waals surface area contributed by atoms with Crippen molar-refractivity contribution < 1.29 is 18.7 Å². The van der Waals surface area contributed by atoms with Crippen molar-refractivity contribution >= 4 is 40.3 Å². The fraction of sp³-hybridized carbons (Fsp3) is 0.500. The lowest BCUT2D eigenvalue weighted by atomic mass is 9.54. The topological polar surface area (TPSA) is 53.7 Å². The molecule has 2 aromatic rings. The van der Waals surface area contributed by atoms with E-state index in [2.05, 4.69) is 0 Å². The van der Waals surface area contributed by atoms with Crippen molar-refractivity contribution in [3.8, 4) is 11.3 Å². The van der Waals surface area contributed by atoms with Crippen LogP contribution in [0.4, 0.5) is 4.39 Å². The van der Waals surface area contributed by atoms with E-state index in [0.29, 0.717) is 39.0 Å². The van der Waals surface area contributed by atoms with E-state index in [1.54, 1.807) is 12.1 Å². The number of unbranched alkanes of at least 4 members (excludes halogenated alkanes) is 1. The molecule has 0 unspecified atom stereocenters. The zero-order chi connectivity index (χ0) is 24.1. The number of aliphatic hydroxyl groups excluding tert-OH is 1. The van der Waals surface area contributed by atoms with Crippen LogP contribution in [-0.4, -0.2) is 32.9 Å². The van der Waals surface area contributed by atoms with Gasteiger partial charge in [-0.3, -0.25) is 9.69 Å². The molecule has 4 nitrogen and oxygen atoms in total. The minimum absolute atomic E-state index is 0.0125. The number of amides is 1. The van der Waals surface area contributed by atoms with Crippen LogP contribution >= 0.6 is 24.0 Å². The summed E-state index contributed by atoms with van der Waals surface area (Å²) in [6.07, 6.45) is 10.4. The van der Waals surface area contributed by atoms with Gasteiger partial charge in [0.2, 0.25) is 0 Å². The smallest absolute Gasteiger partial charge is 0.266 e. The first-order chi connectivity index (χ1) is 17.0. The van der Waals surface area contributed by atoms with Crippen LogP contribution < -0.4 is 0 Å². The highest BCUT2D eigenvalue weighted by molar-refractivity contribution is 8.26. The van der Waals surface area contributed by atoms with E-state index in [1.165, 1.54) is 56.0 Å². The van der Waals surface area contributed by atoms with Gasteiger partial charge in [0.1, 0.15) is 21.7 Å². The number of aryl methyl sites for hydroxylation is 1. The number of rotatable bonds is 7. The van der Waals surface area contributed by atoms with Crippen molar-refractivity contribution in [3.63, 3.8) is 0 Å². The molecule has 7 rings (SSSR count). The lowest BCUT2D eigenvalue weighted by Gasteiger charge is -2.56. The number of halogens is 1. The van der Waals surface area contributed by atoms with Gasteiger partial charge < -0.3 is 9.52 Å². The van der Waals surface area contributed by atoms with E-state index < -0.39 is 0 Å². The highest BCUT2D eigenvalue weighted by Gasteiger charge is 2.53. The molecule has 7 heteroatoms. The summed E-state index contributed by atoms with van der Waals surface area (Å²) in [5, 5.41) is 9.22. The first-order valence-electron chi connectivity index (χ1n) is 12.8. The lowest BCUT2D eigenvalue weighted by Crippen LogP contribution is -2.57. The summed E-state index contributed by atoms with van der Waals surface area (Å²) in [5.74, 6) is 3.86. The van der Waals surface area contributed by atoms with E-state index in [4.69, 9.17) is 16.6 Å². The molecule has 184 valence electrons. The second kappa shape index (κ2) is 9.49. The van der Waals surface area contributed by atoms with Gasteiger partial charge in [0.05, 0.1) is 4.91 Å². The molecule has 5 aliphatic rings. The molecule has 4 bridgehead atoms. The number of carbonyl (C=O) groups excluding carboxylic acids is 1. The first kappa shape index (κ1) is 23.4. The molecule has 35 heavy (non-hydrogen) atoms. The average Bonchev–Trinajstić information content (AvgIpc) is 3.35. The van der Waals surface area contributed by atoms with E-state index in [-0.39, 0.29) is 24.4 Å². The number of furan rings is 1. The molecule has 1 aromatic carbocycles. The van der Waals surface area contributed by atoms with Crippen LogP contribution in [0.3, 0.4) is 0 Å². The molecule has 4 saturated carbocycles. The Labute approximate surface area is 215 Å². The van der Waals surface area contributed by atoms with Crippen LogP contribution in [0.25, 0.3) is 17.4 Å². The number of benzene rings is 1. The quantitative estimate of drug-likeness (QED) is 0.264. The summed E-state index contributed by atoms with van der Waals surface area (Å²) in [4.78, 5) is 16.2. The van der Waals surface area contributed by atoms with Gasteiger partial charge in [0, 0.05) is 24.3 Å². The van der Waals surface area contributed by atoms with Crippen LogP contribution in [0, 0.1) is 29.5 Å². The number of thioether (sulfide) groups is 1. The van der Waals surface area contributed by atoms with E-state index >= 15 is 0 Å². The molecule has 1 saturated heterocycles. The van der Waals surface area contributed by atoms with E-state index in [1.807, 2.05) is 17.0 Å². The standard InChI is InChI=1S/C28H30FNO3S2/c29-22-6-4-18(5-7-22)23-14-19(3-1-2-8-31)24(33-23)15-25-27(32)30(28(34)35-25)26-20-10-16-9-17(12-20)13-21(26)11-16/h4-7,14-17,20-21,26,31H,1-3,8-13H2. The Balaban J connectivity index is 1.29. The molecule has 0 spiro atoms. The van der Waals surface area contributed by atoms with Crippen LogP contribution in [0.1, 0.15) is 56.3 Å². The highest BCUT2D eigenvalue weighted by atomic mass is 32.2. The van der Waals surface area contributed by atoms with Gasteiger partial charge in [-0.15, -0.1) is 0 Å². The summed E-state index contributed by atoms with van der Waals surface area (Å²) in [6.45, 7) is 0.141. The summed E-state index contributed by atoms with van der Waals surface area (Å²) < 4.78 is 20.3. The Kier molecular flexibility index (Phi) is 6.35. The van der Waals surface area contributed by atoms with Crippen LogP contribution in [0.15, 0.2) is 39.7 Å². The molecule has 5 fully saturated rings. The lowest BCUT2D eigenvalue weighted by molar-refractivity contribution is -0.130. The summed E-state index contributed by atoms with van der Waals surface area (Å²) in [7, 11) is 0. The summed E-state index contributed by atoms with van der Waals surface area (Å²) >= 11 is 7.14. The third kappa shape index (κ3) is 4.40. The Morgan fingerprint density at radius 2 is 1.77 bits per heavy atom. The molecular weight excluding hydrogens is 481 g/mol. The number of hydrogen-bond acceptors (Lipinski definition) is 5. The van der Waals surface area contributed by atoms with Crippen molar-refractivity contribution in [2.45, 2.75) is 57.4 Å². The predicted molar refractivity (Wildman–Crippen MR) is 140 cm³/mol. The average molecular weight is 512 g/mol. The van der Waals surface area contributed by atoms with Gasteiger partial charge in [-0.1, -0.05) is 24.0 Å².